The number of hydrogen-bond donors (Lipinski definition) is 0. The molecule has 0 unspecified atom stereocenters. The van der Waals surface area contributed by atoms with Crippen molar-refractivity contribution < 1.29 is 4.74 Å². The number of aromatic nitrogens is 4. The van der Waals surface area contributed by atoms with Crippen molar-refractivity contribution in [1.82, 2.24) is 19.9 Å². The summed E-state index contributed by atoms with van der Waals surface area (Å²) in [5.41, 5.74) is 3.04. The van der Waals surface area contributed by atoms with Crippen LogP contribution in [-0.2, 0) is 0 Å². The number of pyridine rings is 2. The second kappa shape index (κ2) is 6.74. The molecular formula is C19H22N6O. The Bertz CT molecular complexity index is 919. The number of fused-ring (bicyclic) bond motifs is 1. The van der Waals surface area contributed by atoms with Crippen molar-refractivity contribution >= 4 is 22.8 Å². The molecule has 0 bridgehead atoms. The number of aryl methyl sites for hydroxylation is 2. The van der Waals surface area contributed by atoms with Crippen LogP contribution in [0.1, 0.15) is 11.3 Å². The van der Waals surface area contributed by atoms with Crippen LogP contribution in [0.4, 0.5) is 11.8 Å². The molecule has 0 saturated carbocycles. The van der Waals surface area contributed by atoms with E-state index in [2.05, 4.69) is 49.9 Å². The summed E-state index contributed by atoms with van der Waals surface area (Å²) < 4.78 is 5.12. The molecule has 3 aromatic rings. The maximum atomic E-state index is 5.12. The summed E-state index contributed by atoms with van der Waals surface area (Å²) in [7, 11) is 1.62. The third kappa shape index (κ3) is 3.12. The van der Waals surface area contributed by atoms with E-state index >= 15 is 0 Å². The van der Waals surface area contributed by atoms with E-state index in [4.69, 9.17) is 9.72 Å². The van der Waals surface area contributed by atoms with Crippen LogP contribution in [0, 0.1) is 13.8 Å². The van der Waals surface area contributed by atoms with Crippen molar-refractivity contribution in [2.24, 2.45) is 0 Å². The molecule has 0 amide bonds. The van der Waals surface area contributed by atoms with Gasteiger partial charge in [0.25, 0.3) is 0 Å². The van der Waals surface area contributed by atoms with Gasteiger partial charge in [0.2, 0.25) is 5.95 Å². The molecule has 26 heavy (non-hydrogen) atoms. The standard InChI is InChI=1S/C19H22N6O/c1-13-10-14(2)22-18-16(13)4-5-17(23-18)24-6-8-25(9-7-24)19-20-11-15(26-3)12-21-19/h4-5,10-12H,6-9H2,1-3H3. The average Bonchev–Trinajstić information content (AvgIpc) is 2.67. The second-order valence-electron chi connectivity index (χ2n) is 6.52. The SMILES string of the molecule is COc1cnc(N2CCN(c3ccc4c(C)cc(C)nc4n3)CC2)nc1. The summed E-state index contributed by atoms with van der Waals surface area (Å²) in [5, 5.41) is 1.12. The predicted octanol–water partition coefficient (Wildman–Crippen LogP) is 2.37. The molecule has 3 aromatic heterocycles. The minimum absolute atomic E-state index is 0.672. The summed E-state index contributed by atoms with van der Waals surface area (Å²) >= 11 is 0. The Morgan fingerprint density at radius 2 is 1.62 bits per heavy atom. The first kappa shape index (κ1) is 16.5. The number of rotatable bonds is 3. The highest BCUT2D eigenvalue weighted by molar-refractivity contribution is 5.80. The van der Waals surface area contributed by atoms with Crippen molar-refractivity contribution in [3.63, 3.8) is 0 Å². The van der Waals surface area contributed by atoms with Gasteiger partial charge in [0.1, 0.15) is 5.82 Å². The fourth-order valence-corrected chi connectivity index (χ4v) is 3.31. The lowest BCUT2D eigenvalue weighted by Gasteiger charge is -2.35. The summed E-state index contributed by atoms with van der Waals surface area (Å²) in [6.45, 7) is 7.57. The predicted molar refractivity (Wildman–Crippen MR) is 102 cm³/mol. The molecule has 0 spiro atoms. The van der Waals surface area contributed by atoms with Crippen LogP contribution in [0.15, 0.2) is 30.6 Å². The zero-order valence-electron chi connectivity index (χ0n) is 15.3. The number of methoxy groups -OCH3 is 1. The zero-order chi connectivity index (χ0) is 18.1. The second-order valence-corrected chi connectivity index (χ2v) is 6.52. The molecule has 0 aromatic carbocycles. The highest BCUT2D eigenvalue weighted by Crippen LogP contribution is 2.22. The van der Waals surface area contributed by atoms with Crippen LogP contribution >= 0.6 is 0 Å². The van der Waals surface area contributed by atoms with Gasteiger partial charge in [-0.05, 0) is 37.6 Å². The van der Waals surface area contributed by atoms with E-state index in [0.29, 0.717) is 5.75 Å². The molecule has 7 nitrogen and oxygen atoms in total. The lowest BCUT2D eigenvalue weighted by atomic mass is 10.1. The fraction of sp³-hybridized carbons (Fsp3) is 0.368. The molecule has 1 fully saturated rings. The van der Waals surface area contributed by atoms with Gasteiger partial charge in [-0.25, -0.2) is 19.9 Å². The summed E-state index contributed by atoms with van der Waals surface area (Å²) in [6.07, 6.45) is 3.41. The third-order valence-electron chi connectivity index (χ3n) is 4.73. The van der Waals surface area contributed by atoms with E-state index in [1.165, 1.54) is 5.56 Å². The van der Waals surface area contributed by atoms with Crippen molar-refractivity contribution in [2.75, 3.05) is 43.1 Å². The van der Waals surface area contributed by atoms with E-state index < -0.39 is 0 Å². The number of hydrogen-bond acceptors (Lipinski definition) is 7. The normalized spacial score (nSPS) is 14.7. The van der Waals surface area contributed by atoms with Crippen LogP contribution < -0.4 is 14.5 Å². The number of ether oxygens (including phenoxy) is 1. The Kier molecular flexibility index (Phi) is 4.28. The number of piperazine rings is 1. The largest absolute Gasteiger partial charge is 0.494 e. The molecule has 1 aliphatic heterocycles. The van der Waals surface area contributed by atoms with Crippen LogP contribution in [0.3, 0.4) is 0 Å². The maximum Gasteiger partial charge on any atom is 0.225 e. The summed E-state index contributed by atoms with van der Waals surface area (Å²) in [6, 6.07) is 6.31. The molecule has 7 heteroatoms. The van der Waals surface area contributed by atoms with E-state index in [9.17, 15) is 0 Å². The highest BCUT2D eigenvalue weighted by atomic mass is 16.5. The van der Waals surface area contributed by atoms with E-state index in [1.807, 2.05) is 6.92 Å². The van der Waals surface area contributed by atoms with Crippen molar-refractivity contribution in [3.8, 4) is 5.75 Å². The minimum Gasteiger partial charge on any atom is -0.494 e. The third-order valence-corrected chi connectivity index (χ3v) is 4.73. The van der Waals surface area contributed by atoms with Gasteiger partial charge in [0, 0.05) is 37.3 Å². The van der Waals surface area contributed by atoms with Gasteiger partial charge in [0.05, 0.1) is 19.5 Å². The molecule has 4 rings (SSSR count). The maximum absolute atomic E-state index is 5.12. The van der Waals surface area contributed by atoms with Gasteiger partial charge in [-0.15, -0.1) is 0 Å². The van der Waals surface area contributed by atoms with E-state index in [-0.39, 0.29) is 0 Å². The van der Waals surface area contributed by atoms with Gasteiger partial charge < -0.3 is 14.5 Å². The molecule has 0 aliphatic carbocycles. The molecule has 1 aliphatic rings. The molecular weight excluding hydrogens is 328 g/mol. The van der Waals surface area contributed by atoms with Crippen LogP contribution in [0.2, 0.25) is 0 Å². The minimum atomic E-state index is 0.672. The lowest BCUT2D eigenvalue weighted by molar-refractivity contribution is 0.410. The average molecular weight is 350 g/mol. The molecule has 134 valence electrons. The van der Waals surface area contributed by atoms with E-state index in [1.54, 1.807) is 19.5 Å². The Morgan fingerprint density at radius 1 is 0.923 bits per heavy atom. The smallest absolute Gasteiger partial charge is 0.225 e. The summed E-state index contributed by atoms with van der Waals surface area (Å²) in [5.74, 6) is 2.39. The van der Waals surface area contributed by atoms with Crippen molar-refractivity contribution in [2.45, 2.75) is 13.8 Å². The van der Waals surface area contributed by atoms with Crippen LogP contribution in [0.5, 0.6) is 5.75 Å². The molecule has 0 atom stereocenters. The highest BCUT2D eigenvalue weighted by Gasteiger charge is 2.20. The zero-order valence-corrected chi connectivity index (χ0v) is 15.3. The number of nitrogens with zero attached hydrogens (tertiary/aromatic N) is 6. The molecule has 0 N–H and O–H groups in total. The van der Waals surface area contributed by atoms with Gasteiger partial charge in [0.15, 0.2) is 11.4 Å². The van der Waals surface area contributed by atoms with Crippen molar-refractivity contribution in [1.29, 1.82) is 0 Å². The Balaban J connectivity index is 1.49. The van der Waals surface area contributed by atoms with Crippen LogP contribution in [0.25, 0.3) is 11.0 Å². The topological polar surface area (TPSA) is 67.3 Å². The number of anilines is 2. The Hall–Kier alpha value is -2.96. The van der Waals surface area contributed by atoms with Gasteiger partial charge >= 0.3 is 0 Å². The quantitative estimate of drug-likeness (QED) is 0.718. The molecule has 1 saturated heterocycles. The van der Waals surface area contributed by atoms with E-state index in [0.717, 1.165) is 54.7 Å². The molecule has 0 radical (unpaired) electrons. The first-order valence-electron chi connectivity index (χ1n) is 8.75. The van der Waals surface area contributed by atoms with Crippen molar-refractivity contribution in [3.05, 3.63) is 41.9 Å². The van der Waals surface area contributed by atoms with Crippen LogP contribution in [-0.4, -0.2) is 53.2 Å². The lowest BCUT2D eigenvalue weighted by Crippen LogP contribution is -2.47. The van der Waals surface area contributed by atoms with Gasteiger partial charge in [-0.1, -0.05) is 0 Å². The monoisotopic (exact) mass is 350 g/mol. The fourth-order valence-electron chi connectivity index (χ4n) is 3.31. The van der Waals surface area contributed by atoms with Gasteiger partial charge in [-0.2, -0.15) is 0 Å². The first-order valence-corrected chi connectivity index (χ1v) is 8.75. The molecule has 4 heterocycles. The Labute approximate surface area is 152 Å². The summed E-state index contributed by atoms with van der Waals surface area (Å²) in [4.78, 5) is 22.6. The van der Waals surface area contributed by atoms with Gasteiger partial charge in [-0.3, -0.25) is 0 Å². The first-order chi connectivity index (χ1) is 12.6. The Morgan fingerprint density at radius 3 is 2.31 bits per heavy atom.